The van der Waals surface area contributed by atoms with Crippen molar-refractivity contribution < 1.29 is 9.52 Å². The molecule has 3 heteroatoms. The van der Waals surface area contributed by atoms with Crippen LogP contribution in [0.4, 0.5) is 0 Å². The molecule has 1 unspecified atom stereocenters. The van der Waals surface area contributed by atoms with Crippen LogP contribution in [0.2, 0.25) is 5.22 Å². The molecule has 0 amide bonds. The van der Waals surface area contributed by atoms with E-state index in [1.54, 1.807) is 6.07 Å². The molecule has 0 bridgehead atoms. The fourth-order valence-electron chi connectivity index (χ4n) is 1.88. The summed E-state index contributed by atoms with van der Waals surface area (Å²) in [5.74, 6) is 0. The molecule has 0 radical (unpaired) electrons. The normalized spacial score (nSPS) is 12.7. The maximum absolute atomic E-state index is 10.1. The second-order valence-corrected chi connectivity index (χ2v) is 4.64. The Hall–Kier alpha value is -1.25. The zero-order valence-electron chi connectivity index (χ0n) is 9.90. The van der Waals surface area contributed by atoms with Crippen LogP contribution >= 0.6 is 11.6 Å². The highest BCUT2D eigenvalue weighted by Crippen LogP contribution is 2.27. The second-order valence-electron chi connectivity index (χ2n) is 4.30. The maximum atomic E-state index is 10.1. The van der Waals surface area contributed by atoms with Crippen molar-refractivity contribution >= 4 is 11.6 Å². The van der Waals surface area contributed by atoms with E-state index in [9.17, 15) is 5.11 Å². The van der Waals surface area contributed by atoms with Gasteiger partial charge in [-0.2, -0.15) is 0 Å². The molecule has 2 aromatic rings. The number of aliphatic hydroxyl groups excluding tert-OH is 1. The number of rotatable bonds is 3. The van der Waals surface area contributed by atoms with Crippen LogP contribution in [-0.2, 0) is 6.42 Å². The molecule has 0 aliphatic carbocycles. The number of benzene rings is 1. The van der Waals surface area contributed by atoms with Gasteiger partial charge >= 0.3 is 0 Å². The molecule has 0 spiro atoms. The second kappa shape index (κ2) is 4.94. The van der Waals surface area contributed by atoms with Crippen LogP contribution < -0.4 is 0 Å². The first-order chi connectivity index (χ1) is 8.08. The van der Waals surface area contributed by atoms with Gasteiger partial charge in [-0.1, -0.05) is 23.8 Å². The van der Waals surface area contributed by atoms with Gasteiger partial charge in [-0.25, -0.2) is 0 Å². The summed E-state index contributed by atoms with van der Waals surface area (Å²) < 4.78 is 4.98. The highest BCUT2D eigenvalue weighted by molar-refractivity contribution is 6.29. The third-order valence-electron chi connectivity index (χ3n) is 2.92. The van der Waals surface area contributed by atoms with Gasteiger partial charge in [0.25, 0.3) is 0 Å². The van der Waals surface area contributed by atoms with Crippen molar-refractivity contribution in [3.63, 3.8) is 0 Å². The lowest BCUT2D eigenvalue weighted by molar-refractivity contribution is 0.177. The van der Waals surface area contributed by atoms with Crippen LogP contribution in [0.15, 0.2) is 34.9 Å². The van der Waals surface area contributed by atoms with Crippen molar-refractivity contribution in [3.8, 4) is 0 Å². The van der Waals surface area contributed by atoms with Crippen molar-refractivity contribution in [2.45, 2.75) is 26.4 Å². The van der Waals surface area contributed by atoms with Crippen molar-refractivity contribution in [2.24, 2.45) is 0 Å². The average Bonchev–Trinajstić information content (AvgIpc) is 2.70. The van der Waals surface area contributed by atoms with E-state index in [4.69, 9.17) is 16.0 Å². The number of hydrogen-bond acceptors (Lipinski definition) is 2. The fourth-order valence-corrected chi connectivity index (χ4v) is 2.12. The molecule has 0 aliphatic rings. The molecule has 2 nitrogen and oxygen atoms in total. The van der Waals surface area contributed by atoms with Crippen LogP contribution in [0, 0.1) is 13.8 Å². The Kier molecular flexibility index (Phi) is 3.55. The van der Waals surface area contributed by atoms with Crippen molar-refractivity contribution in [2.75, 3.05) is 0 Å². The summed E-state index contributed by atoms with van der Waals surface area (Å²) in [6, 6.07) is 7.93. The van der Waals surface area contributed by atoms with Gasteiger partial charge in [0.1, 0.15) is 0 Å². The number of aliphatic hydroxyl groups is 1. The van der Waals surface area contributed by atoms with E-state index >= 15 is 0 Å². The number of hydrogen-bond donors (Lipinski definition) is 1. The summed E-state index contributed by atoms with van der Waals surface area (Å²) in [6.45, 7) is 4.08. The Morgan fingerprint density at radius 1 is 1.29 bits per heavy atom. The maximum Gasteiger partial charge on any atom is 0.198 e. The van der Waals surface area contributed by atoms with Gasteiger partial charge in [0.05, 0.1) is 12.4 Å². The zero-order valence-corrected chi connectivity index (χ0v) is 10.7. The van der Waals surface area contributed by atoms with Gasteiger partial charge in [0.15, 0.2) is 5.22 Å². The predicted molar refractivity (Wildman–Crippen MR) is 68.3 cm³/mol. The molecule has 1 atom stereocenters. The molecular weight excluding hydrogens is 236 g/mol. The molecule has 1 aromatic carbocycles. The Morgan fingerprint density at radius 2 is 2.06 bits per heavy atom. The summed E-state index contributed by atoms with van der Waals surface area (Å²) in [7, 11) is 0. The van der Waals surface area contributed by atoms with Gasteiger partial charge in [0.2, 0.25) is 0 Å². The highest BCUT2D eigenvalue weighted by Gasteiger charge is 2.15. The van der Waals surface area contributed by atoms with Crippen molar-refractivity contribution in [3.05, 3.63) is 58.0 Å². The Labute approximate surface area is 106 Å². The SMILES string of the molecule is Cc1ccc(C)c(CC(O)c2ccoc2Cl)c1. The zero-order chi connectivity index (χ0) is 12.4. The molecule has 17 heavy (non-hydrogen) atoms. The van der Waals surface area contributed by atoms with Gasteiger partial charge < -0.3 is 9.52 Å². The lowest BCUT2D eigenvalue weighted by Gasteiger charge is -2.12. The first-order valence-electron chi connectivity index (χ1n) is 5.55. The number of aryl methyl sites for hydroxylation is 2. The van der Waals surface area contributed by atoms with Gasteiger partial charge in [0, 0.05) is 12.0 Å². The topological polar surface area (TPSA) is 33.4 Å². The third-order valence-corrected chi connectivity index (χ3v) is 3.23. The Balaban J connectivity index is 2.21. The first-order valence-corrected chi connectivity index (χ1v) is 5.93. The van der Waals surface area contributed by atoms with Crippen molar-refractivity contribution in [1.82, 2.24) is 0 Å². The number of furan rings is 1. The minimum atomic E-state index is -0.623. The van der Waals surface area contributed by atoms with E-state index in [0.717, 1.165) is 5.56 Å². The molecule has 1 aromatic heterocycles. The molecule has 0 saturated heterocycles. The van der Waals surface area contributed by atoms with Crippen LogP contribution in [-0.4, -0.2) is 5.11 Å². The third kappa shape index (κ3) is 2.71. The monoisotopic (exact) mass is 250 g/mol. The molecule has 2 rings (SSSR count). The van der Waals surface area contributed by atoms with E-state index in [1.165, 1.54) is 17.4 Å². The largest absolute Gasteiger partial charge is 0.453 e. The summed E-state index contributed by atoms with van der Waals surface area (Å²) in [5, 5.41) is 10.4. The van der Waals surface area contributed by atoms with Crippen LogP contribution in [0.25, 0.3) is 0 Å². The average molecular weight is 251 g/mol. The lowest BCUT2D eigenvalue weighted by atomic mass is 9.98. The molecule has 0 saturated carbocycles. The van der Waals surface area contributed by atoms with Gasteiger partial charge in [-0.15, -0.1) is 0 Å². The van der Waals surface area contributed by atoms with Gasteiger partial charge in [-0.3, -0.25) is 0 Å². The van der Waals surface area contributed by atoms with Gasteiger partial charge in [-0.05, 0) is 42.6 Å². The van der Waals surface area contributed by atoms with E-state index in [1.807, 2.05) is 13.8 Å². The van der Waals surface area contributed by atoms with Crippen LogP contribution in [0.5, 0.6) is 0 Å². The van der Waals surface area contributed by atoms with E-state index in [2.05, 4.69) is 18.2 Å². The quantitative estimate of drug-likeness (QED) is 0.898. The number of halogens is 1. The summed E-state index contributed by atoms with van der Waals surface area (Å²) in [6.07, 6.45) is 1.42. The fraction of sp³-hybridized carbons (Fsp3) is 0.286. The Morgan fingerprint density at radius 3 is 2.71 bits per heavy atom. The summed E-state index contributed by atoms with van der Waals surface area (Å²) in [4.78, 5) is 0. The van der Waals surface area contributed by atoms with E-state index < -0.39 is 6.10 Å². The molecule has 0 aliphatic heterocycles. The first kappa shape index (κ1) is 12.2. The minimum absolute atomic E-state index is 0.266. The van der Waals surface area contributed by atoms with Crippen molar-refractivity contribution in [1.29, 1.82) is 0 Å². The Bertz CT molecular complexity index is 517. The molecule has 1 heterocycles. The lowest BCUT2D eigenvalue weighted by Crippen LogP contribution is -2.03. The smallest absolute Gasteiger partial charge is 0.198 e. The van der Waals surface area contributed by atoms with E-state index in [0.29, 0.717) is 12.0 Å². The molecule has 1 N–H and O–H groups in total. The standard InChI is InChI=1S/C14H15ClO2/c1-9-3-4-10(2)11(7-9)8-13(16)12-5-6-17-14(12)15/h3-7,13,16H,8H2,1-2H3. The predicted octanol–water partition coefficient (Wildman–Crippen LogP) is 3.83. The molecule has 0 fully saturated rings. The van der Waals surface area contributed by atoms with E-state index in [-0.39, 0.29) is 5.22 Å². The minimum Gasteiger partial charge on any atom is -0.453 e. The highest BCUT2D eigenvalue weighted by atomic mass is 35.5. The van der Waals surface area contributed by atoms with Crippen LogP contribution in [0.1, 0.15) is 28.4 Å². The summed E-state index contributed by atoms with van der Waals surface area (Å²) in [5.41, 5.74) is 4.15. The molecular formula is C14H15ClO2. The summed E-state index contributed by atoms with van der Waals surface area (Å²) >= 11 is 5.85. The van der Waals surface area contributed by atoms with Crippen LogP contribution in [0.3, 0.4) is 0 Å². The molecule has 90 valence electrons.